The van der Waals surface area contributed by atoms with Crippen LogP contribution in [0.2, 0.25) is 5.15 Å². The van der Waals surface area contributed by atoms with Crippen molar-refractivity contribution in [3.05, 3.63) is 65.1 Å². The number of carbonyl (C=O) groups is 3. The van der Waals surface area contributed by atoms with Crippen LogP contribution in [0.15, 0.2) is 48.7 Å². The Labute approximate surface area is 208 Å². The Kier molecular flexibility index (Phi) is 6.98. The number of halogens is 1. The van der Waals surface area contributed by atoms with E-state index in [9.17, 15) is 14.4 Å². The number of ether oxygens (including phenoxy) is 1. The summed E-state index contributed by atoms with van der Waals surface area (Å²) in [5.41, 5.74) is 1.29. The Morgan fingerprint density at radius 1 is 1.11 bits per heavy atom. The molecule has 1 aliphatic heterocycles. The Morgan fingerprint density at radius 2 is 1.86 bits per heavy atom. The molecule has 1 aliphatic rings. The third-order valence-electron chi connectivity index (χ3n) is 5.63. The number of hydrogen-bond acceptors (Lipinski definition) is 6. The van der Waals surface area contributed by atoms with Crippen LogP contribution in [0.1, 0.15) is 32.0 Å². The van der Waals surface area contributed by atoms with Gasteiger partial charge in [-0.1, -0.05) is 41.9 Å². The summed E-state index contributed by atoms with van der Waals surface area (Å²) in [5.74, 6) is -0.669. The van der Waals surface area contributed by atoms with Gasteiger partial charge in [-0.25, -0.2) is 14.6 Å². The monoisotopic (exact) mass is 498 g/mol. The van der Waals surface area contributed by atoms with E-state index in [2.05, 4.69) is 4.98 Å². The van der Waals surface area contributed by atoms with Crippen molar-refractivity contribution >= 4 is 40.5 Å². The number of benzene rings is 1. The van der Waals surface area contributed by atoms with Crippen molar-refractivity contribution in [3.8, 4) is 0 Å². The molecule has 0 radical (unpaired) electrons. The first-order valence-electron chi connectivity index (χ1n) is 11.2. The molecule has 0 bridgehead atoms. The van der Waals surface area contributed by atoms with Crippen molar-refractivity contribution in [2.45, 2.75) is 33.9 Å². The molecular weight excluding hydrogens is 472 g/mol. The second-order valence-corrected chi connectivity index (χ2v) is 9.73. The number of fused-ring (bicyclic) bond motifs is 1. The number of amides is 2. The molecule has 0 saturated carbocycles. The molecule has 2 amide bonds. The molecule has 0 aliphatic carbocycles. The number of nitrogens with zero attached hydrogens (tertiary/aromatic N) is 4. The molecule has 1 fully saturated rings. The van der Waals surface area contributed by atoms with Gasteiger partial charge in [0.1, 0.15) is 18.3 Å². The molecule has 0 atom stereocenters. The number of pyridine rings is 1. The zero-order chi connectivity index (χ0) is 25.2. The highest BCUT2D eigenvalue weighted by atomic mass is 35.5. The van der Waals surface area contributed by atoms with Crippen molar-refractivity contribution in [1.82, 2.24) is 19.5 Å². The van der Waals surface area contributed by atoms with Gasteiger partial charge in [0.15, 0.2) is 0 Å². The van der Waals surface area contributed by atoms with Crippen molar-refractivity contribution < 1.29 is 24.0 Å². The van der Waals surface area contributed by atoms with E-state index in [4.69, 9.17) is 21.2 Å². The fourth-order valence-corrected chi connectivity index (χ4v) is 3.81. The number of aromatic nitrogens is 2. The third-order valence-corrected chi connectivity index (χ3v) is 5.93. The van der Waals surface area contributed by atoms with E-state index in [1.165, 1.54) is 15.8 Å². The molecule has 10 heteroatoms. The highest BCUT2D eigenvalue weighted by Crippen LogP contribution is 2.27. The Hall–Kier alpha value is -3.59. The van der Waals surface area contributed by atoms with Crippen molar-refractivity contribution in [3.63, 3.8) is 0 Å². The average molecular weight is 499 g/mol. The van der Waals surface area contributed by atoms with Crippen LogP contribution in [-0.4, -0.2) is 57.1 Å². The fourth-order valence-electron chi connectivity index (χ4n) is 3.60. The molecule has 9 nitrogen and oxygen atoms in total. The summed E-state index contributed by atoms with van der Waals surface area (Å²) in [4.78, 5) is 50.7. The first kappa shape index (κ1) is 24.5. The molecule has 1 aromatic carbocycles. The van der Waals surface area contributed by atoms with Crippen LogP contribution in [0.5, 0.6) is 0 Å². The summed E-state index contributed by atoms with van der Waals surface area (Å²) >= 11 is 6.26. The molecular formula is C25H27ClN4O5. The lowest BCUT2D eigenvalue weighted by Crippen LogP contribution is -2.52. The minimum atomic E-state index is -0.730. The van der Waals surface area contributed by atoms with Crippen molar-refractivity contribution in [1.29, 1.82) is 0 Å². The zero-order valence-corrected chi connectivity index (χ0v) is 20.6. The lowest BCUT2D eigenvalue weighted by Gasteiger charge is -2.33. The van der Waals surface area contributed by atoms with E-state index in [0.29, 0.717) is 29.7 Å². The first-order valence-corrected chi connectivity index (χ1v) is 11.6. The van der Waals surface area contributed by atoms with Gasteiger partial charge in [0.2, 0.25) is 5.91 Å². The SMILES string of the molecule is CC(C)(C)C(=O)On1c(CN2CCN(C(=O)OCc3ccccc3)CC2=O)cc2c(Cl)nccc21. The molecule has 0 unspecified atom stereocenters. The topological polar surface area (TPSA) is 94.0 Å². The number of piperazine rings is 1. The summed E-state index contributed by atoms with van der Waals surface area (Å²) < 4.78 is 6.76. The lowest BCUT2D eigenvalue weighted by molar-refractivity contribution is -0.153. The van der Waals surface area contributed by atoms with Gasteiger partial charge in [0.25, 0.3) is 0 Å². The van der Waals surface area contributed by atoms with Crippen LogP contribution in [0.3, 0.4) is 0 Å². The van der Waals surface area contributed by atoms with E-state index in [1.807, 2.05) is 30.3 Å². The minimum absolute atomic E-state index is 0.0993. The van der Waals surface area contributed by atoms with Gasteiger partial charge in [-0.3, -0.25) is 9.69 Å². The van der Waals surface area contributed by atoms with Gasteiger partial charge in [0.05, 0.1) is 23.2 Å². The van der Waals surface area contributed by atoms with Crippen LogP contribution in [0.4, 0.5) is 4.79 Å². The zero-order valence-electron chi connectivity index (χ0n) is 19.9. The Morgan fingerprint density at radius 3 is 2.54 bits per heavy atom. The van der Waals surface area contributed by atoms with Gasteiger partial charge in [-0.15, -0.1) is 0 Å². The quantitative estimate of drug-likeness (QED) is 0.498. The lowest BCUT2D eigenvalue weighted by atomic mass is 9.98. The van der Waals surface area contributed by atoms with Gasteiger partial charge in [-0.2, -0.15) is 4.73 Å². The highest BCUT2D eigenvalue weighted by Gasteiger charge is 2.30. The summed E-state index contributed by atoms with van der Waals surface area (Å²) in [6, 6.07) is 12.8. The summed E-state index contributed by atoms with van der Waals surface area (Å²) in [6.45, 7) is 6.12. The smallest absolute Gasteiger partial charge is 0.410 e. The number of carbonyl (C=O) groups excluding carboxylic acids is 3. The molecule has 2 aromatic heterocycles. The van der Waals surface area contributed by atoms with Gasteiger partial charge in [0, 0.05) is 24.7 Å². The fraction of sp³-hybridized carbons (Fsp3) is 0.360. The van der Waals surface area contributed by atoms with E-state index in [1.54, 1.807) is 37.8 Å². The molecule has 3 heterocycles. The molecule has 0 spiro atoms. The standard InChI is InChI=1S/C25H27ClN4O5/c1-25(2,3)23(32)35-30-18(13-19-20(30)9-10-27-22(19)26)14-28-11-12-29(15-21(28)31)24(33)34-16-17-7-5-4-6-8-17/h4-10,13H,11-12,14-16H2,1-3H3. The summed E-state index contributed by atoms with van der Waals surface area (Å²) in [5, 5.41) is 0.882. The maximum Gasteiger partial charge on any atom is 0.410 e. The van der Waals surface area contributed by atoms with E-state index in [-0.39, 0.29) is 30.8 Å². The summed E-state index contributed by atoms with van der Waals surface area (Å²) in [7, 11) is 0. The maximum atomic E-state index is 12.9. The normalized spacial score (nSPS) is 14.3. The second-order valence-electron chi connectivity index (χ2n) is 9.37. The van der Waals surface area contributed by atoms with Gasteiger partial charge < -0.3 is 14.5 Å². The molecule has 1 saturated heterocycles. The van der Waals surface area contributed by atoms with Crippen LogP contribution in [-0.2, 0) is 27.5 Å². The second kappa shape index (κ2) is 9.95. The highest BCUT2D eigenvalue weighted by molar-refractivity contribution is 6.34. The Bertz CT molecular complexity index is 1250. The minimum Gasteiger partial charge on any atom is -0.445 e. The average Bonchev–Trinajstić information content (AvgIpc) is 3.17. The van der Waals surface area contributed by atoms with Crippen LogP contribution in [0, 0.1) is 5.41 Å². The summed E-state index contributed by atoms with van der Waals surface area (Å²) in [6.07, 6.45) is 0.994. The largest absolute Gasteiger partial charge is 0.445 e. The maximum absolute atomic E-state index is 12.9. The van der Waals surface area contributed by atoms with Crippen molar-refractivity contribution in [2.24, 2.45) is 5.41 Å². The predicted molar refractivity (Wildman–Crippen MR) is 129 cm³/mol. The Balaban J connectivity index is 1.46. The van der Waals surface area contributed by atoms with Crippen LogP contribution >= 0.6 is 11.6 Å². The molecule has 184 valence electrons. The predicted octanol–water partition coefficient (Wildman–Crippen LogP) is 3.67. The van der Waals surface area contributed by atoms with Gasteiger partial charge >= 0.3 is 12.1 Å². The molecule has 3 aromatic rings. The number of rotatable bonds is 5. The molecule has 0 N–H and O–H groups in total. The van der Waals surface area contributed by atoms with E-state index < -0.39 is 17.5 Å². The van der Waals surface area contributed by atoms with E-state index >= 15 is 0 Å². The molecule has 4 rings (SSSR count). The van der Waals surface area contributed by atoms with Crippen molar-refractivity contribution in [2.75, 3.05) is 19.6 Å². The van der Waals surface area contributed by atoms with Crippen LogP contribution in [0.25, 0.3) is 10.9 Å². The number of hydrogen-bond donors (Lipinski definition) is 0. The van der Waals surface area contributed by atoms with Gasteiger partial charge in [-0.05, 0) is 38.5 Å². The van der Waals surface area contributed by atoms with Crippen LogP contribution < -0.4 is 4.84 Å². The molecule has 35 heavy (non-hydrogen) atoms. The van der Waals surface area contributed by atoms with E-state index in [0.717, 1.165) is 5.56 Å². The third kappa shape index (κ3) is 5.57. The first-order chi connectivity index (χ1) is 16.6.